The molecule has 1 heterocycles. The number of aromatic hydroxyl groups is 2. The minimum Gasteiger partial charge on any atom is -0.507 e. The van der Waals surface area contributed by atoms with Crippen molar-refractivity contribution in [2.75, 3.05) is 13.7 Å². The number of Topliss-reactive ketones (excluding diaryl/α,β-unsaturated/α-hetero) is 1. The van der Waals surface area contributed by atoms with Gasteiger partial charge in [0.1, 0.15) is 29.0 Å². The van der Waals surface area contributed by atoms with Gasteiger partial charge >= 0.3 is 18.1 Å². The molecule has 2 aromatic carbocycles. The molecule has 0 radical (unpaired) electrons. The number of hydrogen-bond acceptors (Lipinski definition) is 14. The summed E-state index contributed by atoms with van der Waals surface area (Å²) in [6.07, 6.45) is -18.1. The molecule has 0 aromatic heterocycles. The van der Waals surface area contributed by atoms with E-state index in [1.54, 1.807) is 0 Å². The number of methoxy groups -OCH3 is 1. The lowest BCUT2D eigenvalue weighted by atomic mass is 9.72. The van der Waals surface area contributed by atoms with Crippen LogP contribution in [0, 0.1) is 0 Å². The Morgan fingerprint density at radius 2 is 1.58 bits per heavy atom. The lowest BCUT2D eigenvalue weighted by Gasteiger charge is -2.44. The molecule has 300 valence electrons. The van der Waals surface area contributed by atoms with Crippen LogP contribution in [-0.4, -0.2) is 103 Å². The smallest absolute Gasteiger partial charge is 0.418 e. The molecule has 2 aliphatic carbocycles. The SMILES string of the molecule is COc1cccc2c1C(=O)c1c(O)c3c(c(O)c1C2=O)C[C@@](O)(C(=O)CO[Si](C)(C)C(C)(C)C)C[C@@H]3O[C@H]1C[C@H](OC(C)=O)[C@H](OC(C)=O)[C@H](C(F)(F)F)O1. The standard InChI is InChI=1S/C37H43F3O14Si/c1-16(41)51-21-12-24(54-34(37(38,39)40)33(21)52-17(2)42)53-22-14-36(48,23(43)15-50-55(7,8)35(3,4)5)13-19-26(22)32(47)28-27(30(19)45)29(44)18-10-9-11-20(49-6)25(18)31(28)46/h9-11,21-22,24,33-34,45,47-48H,12-15H2,1-8H3/t21-,22-,24+,33-,34+,36-/m0/s1. The molecule has 14 nitrogen and oxygen atoms in total. The van der Waals surface area contributed by atoms with Gasteiger partial charge in [0.05, 0.1) is 36.5 Å². The van der Waals surface area contributed by atoms with Crippen LogP contribution >= 0.6 is 0 Å². The van der Waals surface area contributed by atoms with Crippen molar-refractivity contribution in [2.24, 2.45) is 0 Å². The zero-order valence-electron chi connectivity index (χ0n) is 31.4. The summed E-state index contributed by atoms with van der Waals surface area (Å²) < 4.78 is 75.9. The normalized spacial score (nSPS) is 25.3. The average molecular weight is 797 g/mol. The third-order valence-corrected chi connectivity index (χ3v) is 15.1. The van der Waals surface area contributed by atoms with Gasteiger partial charge in [0, 0.05) is 49.8 Å². The molecule has 1 saturated heterocycles. The van der Waals surface area contributed by atoms with Crippen molar-refractivity contribution in [2.45, 2.75) is 114 Å². The Morgan fingerprint density at radius 3 is 2.15 bits per heavy atom. The number of hydrogen-bond donors (Lipinski definition) is 3. The Labute approximate surface area is 314 Å². The molecule has 3 N–H and O–H groups in total. The number of aliphatic hydroxyl groups is 1. The van der Waals surface area contributed by atoms with Gasteiger partial charge in [-0.3, -0.25) is 24.0 Å². The summed E-state index contributed by atoms with van der Waals surface area (Å²) in [7, 11) is -1.35. The van der Waals surface area contributed by atoms with Crippen molar-refractivity contribution in [3.8, 4) is 17.2 Å². The van der Waals surface area contributed by atoms with Crippen LogP contribution in [0.25, 0.3) is 0 Å². The maximum atomic E-state index is 14.4. The van der Waals surface area contributed by atoms with Crippen molar-refractivity contribution >= 4 is 37.6 Å². The number of phenolic OH excluding ortho intramolecular Hbond substituents is 2. The van der Waals surface area contributed by atoms with Crippen LogP contribution in [0.15, 0.2) is 18.2 Å². The highest BCUT2D eigenvalue weighted by molar-refractivity contribution is 6.74. The molecule has 55 heavy (non-hydrogen) atoms. The first-order chi connectivity index (χ1) is 25.3. The topological polar surface area (TPSA) is 201 Å². The van der Waals surface area contributed by atoms with Crippen LogP contribution in [0.3, 0.4) is 0 Å². The maximum Gasteiger partial charge on any atom is 0.418 e. The van der Waals surface area contributed by atoms with E-state index in [1.807, 2.05) is 33.9 Å². The van der Waals surface area contributed by atoms with Crippen LogP contribution in [-0.2, 0) is 44.2 Å². The summed E-state index contributed by atoms with van der Waals surface area (Å²) in [4.78, 5) is 65.6. The molecular formula is C37H43F3O14Si. The van der Waals surface area contributed by atoms with Crippen LogP contribution in [0.1, 0.15) is 96.5 Å². The molecule has 6 atom stereocenters. The third-order valence-electron chi connectivity index (χ3n) is 10.6. The molecule has 0 unspecified atom stereocenters. The molecule has 18 heteroatoms. The lowest BCUT2D eigenvalue weighted by molar-refractivity contribution is -0.338. The van der Waals surface area contributed by atoms with E-state index in [2.05, 4.69) is 0 Å². The first kappa shape index (κ1) is 41.8. The number of benzene rings is 2. The quantitative estimate of drug-likeness (QED) is 0.152. The Balaban J connectivity index is 1.65. The van der Waals surface area contributed by atoms with E-state index in [4.69, 9.17) is 28.1 Å². The number of ether oxygens (including phenoxy) is 5. The van der Waals surface area contributed by atoms with Crippen LogP contribution in [0.4, 0.5) is 13.2 Å². The fourth-order valence-electron chi connectivity index (χ4n) is 6.85. The predicted molar refractivity (Wildman–Crippen MR) is 185 cm³/mol. The Hall–Kier alpha value is -4.36. The predicted octanol–water partition coefficient (Wildman–Crippen LogP) is 4.75. The van der Waals surface area contributed by atoms with Crippen LogP contribution < -0.4 is 4.74 Å². The fraction of sp³-hybridized carbons (Fsp3) is 0.541. The summed E-state index contributed by atoms with van der Waals surface area (Å²) in [6.45, 7) is 10.6. The molecule has 0 amide bonds. The maximum absolute atomic E-state index is 14.4. The highest BCUT2D eigenvalue weighted by Gasteiger charge is 2.57. The van der Waals surface area contributed by atoms with E-state index >= 15 is 0 Å². The number of rotatable bonds is 9. The number of alkyl halides is 3. The number of halogens is 3. The van der Waals surface area contributed by atoms with Crippen molar-refractivity contribution in [3.05, 3.63) is 51.6 Å². The second-order valence-corrected chi connectivity index (χ2v) is 20.2. The molecule has 0 spiro atoms. The Morgan fingerprint density at radius 1 is 0.964 bits per heavy atom. The van der Waals surface area contributed by atoms with E-state index in [0.29, 0.717) is 0 Å². The van der Waals surface area contributed by atoms with Gasteiger partial charge in [-0.15, -0.1) is 0 Å². The van der Waals surface area contributed by atoms with Crippen molar-refractivity contribution < 1.29 is 80.6 Å². The van der Waals surface area contributed by atoms with Gasteiger partial charge in [-0.1, -0.05) is 32.9 Å². The number of carbonyl (C=O) groups is 5. The van der Waals surface area contributed by atoms with Crippen molar-refractivity contribution in [3.63, 3.8) is 0 Å². The van der Waals surface area contributed by atoms with Gasteiger partial charge in [0.15, 0.2) is 38.4 Å². The minimum atomic E-state index is -5.22. The largest absolute Gasteiger partial charge is 0.507 e. The van der Waals surface area contributed by atoms with Gasteiger partial charge in [0.25, 0.3) is 0 Å². The number of phenols is 2. The van der Waals surface area contributed by atoms with Gasteiger partial charge in [-0.25, -0.2) is 0 Å². The number of ketones is 3. The second-order valence-electron chi connectivity index (χ2n) is 15.4. The number of esters is 2. The number of carbonyl (C=O) groups excluding carboxylic acids is 5. The van der Waals surface area contributed by atoms with E-state index < -0.39 is 140 Å². The third kappa shape index (κ3) is 7.74. The highest BCUT2D eigenvalue weighted by atomic mass is 28.4. The summed E-state index contributed by atoms with van der Waals surface area (Å²) in [6, 6.07) is 4.13. The van der Waals surface area contributed by atoms with E-state index in [9.17, 15) is 52.5 Å². The summed E-state index contributed by atoms with van der Waals surface area (Å²) in [5.74, 6) is -6.73. The first-order valence-electron chi connectivity index (χ1n) is 17.3. The monoisotopic (exact) mass is 796 g/mol. The fourth-order valence-corrected chi connectivity index (χ4v) is 7.78. The molecule has 2 aromatic rings. The zero-order valence-corrected chi connectivity index (χ0v) is 32.4. The molecular weight excluding hydrogens is 753 g/mol. The molecule has 3 aliphatic rings. The van der Waals surface area contributed by atoms with E-state index in [1.165, 1.54) is 25.3 Å². The Bertz CT molecular complexity index is 1940. The van der Waals surface area contributed by atoms with Gasteiger partial charge in [-0.2, -0.15) is 13.2 Å². The Kier molecular flexibility index (Phi) is 11.1. The minimum absolute atomic E-state index is 0.0275. The van der Waals surface area contributed by atoms with Crippen LogP contribution in [0.2, 0.25) is 18.1 Å². The van der Waals surface area contributed by atoms with Gasteiger partial charge in [0.2, 0.25) is 5.78 Å². The second kappa shape index (κ2) is 14.6. The summed E-state index contributed by atoms with van der Waals surface area (Å²) >= 11 is 0. The highest BCUT2D eigenvalue weighted by Crippen LogP contribution is 2.53. The molecule has 0 saturated carbocycles. The molecule has 1 aliphatic heterocycles. The summed E-state index contributed by atoms with van der Waals surface area (Å²) in [5.41, 5.74) is -5.01. The number of fused-ring (bicyclic) bond motifs is 3. The summed E-state index contributed by atoms with van der Waals surface area (Å²) in [5, 5.41) is 35.3. The van der Waals surface area contributed by atoms with Gasteiger partial charge < -0.3 is 43.4 Å². The lowest BCUT2D eigenvalue weighted by Crippen LogP contribution is -2.58. The molecule has 5 rings (SSSR count). The molecule has 0 bridgehead atoms. The van der Waals surface area contributed by atoms with E-state index in [-0.39, 0.29) is 21.9 Å². The van der Waals surface area contributed by atoms with Crippen molar-refractivity contribution in [1.82, 2.24) is 0 Å². The van der Waals surface area contributed by atoms with E-state index in [0.717, 1.165) is 13.8 Å². The molecule has 1 fully saturated rings. The van der Waals surface area contributed by atoms with Crippen molar-refractivity contribution in [1.29, 1.82) is 0 Å². The first-order valence-corrected chi connectivity index (χ1v) is 20.2. The van der Waals surface area contributed by atoms with Crippen LogP contribution in [0.5, 0.6) is 17.2 Å². The van der Waals surface area contributed by atoms with Gasteiger partial charge in [-0.05, 0) is 24.2 Å². The average Bonchev–Trinajstić information content (AvgIpc) is 3.06. The zero-order chi connectivity index (χ0) is 41.2.